The fourth-order valence-corrected chi connectivity index (χ4v) is 5.65. The Morgan fingerprint density at radius 3 is 1.70 bits per heavy atom. The lowest BCUT2D eigenvalue weighted by atomic mass is 10.1. The van der Waals surface area contributed by atoms with E-state index >= 15 is 0 Å². The number of unbranched alkanes of at least 4 members (excludes halogenated alkanes) is 15. The first-order valence-electron chi connectivity index (χ1n) is 19.4. The minimum absolute atomic E-state index is 0.0266. The van der Waals surface area contributed by atoms with Crippen molar-refractivity contribution in [3.63, 3.8) is 0 Å². The van der Waals surface area contributed by atoms with Crippen LogP contribution in [0.25, 0.3) is 0 Å². The summed E-state index contributed by atoms with van der Waals surface area (Å²) < 4.78 is 34.1. The number of hydrogen-bond acceptors (Lipinski definition) is 7. The van der Waals surface area contributed by atoms with Gasteiger partial charge >= 0.3 is 19.8 Å². The highest BCUT2D eigenvalue weighted by Gasteiger charge is 2.27. The van der Waals surface area contributed by atoms with Gasteiger partial charge in [-0.3, -0.25) is 18.6 Å². The Morgan fingerprint density at radius 2 is 1.14 bits per heavy atom. The molecule has 9 nitrogen and oxygen atoms in total. The zero-order valence-corrected chi connectivity index (χ0v) is 33.3. The van der Waals surface area contributed by atoms with Crippen LogP contribution < -0.4 is 0 Å². The normalized spacial score (nSPS) is 14.3. The number of quaternary nitrogens is 1. The zero-order valence-electron chi connectivity index (χ0n) is 32.4. The number of rotatable bonds is 34. The molecule has 0 aromatic heterocycles. The third-order valence-electron chi connectivity index (χ3n) is 7.97. The van der Waals surface area contributed by atoms with Gasteiger partial charge in [-0.1, -0.05) is 146 Å². The molecule has 0 amide bonds. The number of allylic oxidation sites excluding steroid dienone is 8. The predicted octanol–water partition coefficient (Wildman–Crippen LogP) is 10.3. The first-order chi connectivity index (χ1) is 24.0. The molecule has 0 fully saturated rings. The van der Waals surface area contributed by atoms with Gasteiger partial charge in [-0.2, -0.15) is 0 Å². The fourth-order valence-electron chi connectivity index (χ4n) is 4.91. The molecule has 0 aromatic rings. The van der Waals surface area contributed by atoms with Gasteiger partial charge in [0.15, 0.2) is 6.10 Å². The van der Waals surface area contributed by atoms with Crippen LogP contribution in [0.15, 0.2) is 48.6 Å². The molecule has 0 aliphatic heterocycles. The Hall–Kier alpha value is -2.03. The molecule has 0 aliphatic carbocycles. The van der Waals surface area contributed by atoms with E-state index in [2.05, 4.69) is 32.1 Å². The maximum absolute atomic E-state index is 12.6. The number of nitrogens with zero attached hydrogens (tertiary/aromatic N) is 1. The van der Waals surface area contributed by atoms with Crippen molar-refractivity contribution in [3.8, 4) is 0 Å². The number of likely N-dealkylation sites (N-methyl/N-ethyl adjacent to an activating group) is 1. The Morgan fingerprint density at radius 1 is 0.640 bits per heavy atom. The van der Waals surface area contributed by atoms with Crippen molar-refractivity contribution in [1.82, 2.24) is 0 Å². The van der Waals surface area contributed by atoms with Crippen molar-refractivity contribution < 1.29 is 42.1 Å². The van der Waals surface area contributed by atoms with E-state index in [9.17, 15) is 19.0 Å². The fraction of sp³-hybridized carbons (Fsp3) is 0.750. The summed E-state index contributed by atoms with van der Waals surface area (Å²) in [7, 11) is 1.46. The molecule has 10 heteroatoms. The summed E-state index contributed by atoms with van der Waals surface area (Å²) in [6, 6.07) is 0. The molecular weight excluding hydrogens is 653 g/mol. The summed E-state index contributed by atoms with van der Waals surface area (Å²) in [5.74, 6) is -0.830. The van der Waals surface area contributed by atoms with Crippen molar-refractivity contribution in [3.05, 3.63) is 48.6 Å². The lowest BCUT2D eigenvalue weighted by molar-refractivity contribution is -0.870. The third-order valence-corrected chi connectivity index (χ3v) is 8.95. The summed E-state index contributed by atoms with van der Waals surface area (Å²) in [5.41, 5.74) is 0. The van der Waals surface area contributed by atoms with E-state index in [0.717, 1.165) is 51.4 Å². The molecule has 0 aromatic carbocycles. The summed E-state index contributed by atoms with van der Waals surface area (Å²) in [4.78, 5) is 35.2. The maximum Gasteiger partial charge on any atom is 0.472 e. The van der Waals surface area contributed by atoms with Crippen LogP contribution in [0.4, 0.5) is 0 Å². The number of carbonyl (C=O) groups is 2. The number of phosphoric acid groups is 1. The van der Waals surface area contributed by atoms with Gasteiger partial charge < -0.3 is 18.9 Å². The van der Waals surface area contributed by atoms with Crippen LogP contribution in [0.3, 0.4) is 0 Å². The highest BCUT2D eigenvalue weighted by atomic mass is 31.2. The van der Waals surface area contributed by atoms with Crippen LogP contribution >= 0.6 is 7.82 Å². The van der Waals surface area contributed by atoms with Gasteiger partial charge in [-0.25, -0.2) is 4.57 Å². The monoisotopic (exact) mass is 727 g/mol. The van der Waals surface area contributed by atoms with Crippen molar-refractivity contribution >= 4 is 19.8 Å². The van der Waals surface area contributed by atoms with Crippen LogP contribution in [-0.4, -0.2) is 74.9 Å². The standard InChI is InChI=1S/C40H72NO8P/c1-6-8-10-12-14-16-18-19-20-21-23-24-26-28-30-32-39(42)46-36-38(37-48-50(44,45)47-35-34-41(3,4)5)49-40(43)33-31-29-27-25-22-17-15-13-11-9-7-2/h8,10,12,14,16,18-20,38H,6-7,9,11,13,15,17,21-37H2,1-5H3/p+1/b10-8+,14-12+,18-16+,20-19+/t38-/m1/s1. The van der Waals surface area contributed by atoms with Crippen molar-refractivity contribution in [1.29, 1.82) is 0 Å². The van der Waals surface area contributed by atoms with E-state index in [4.69, 9.17) is 18.5 Å². The topological polar surface area (TPSA) is 108 Å². The van der Waals surface area contributed by atoms with E-state index in [-0.39, 0.29) is 26.1 Å². The predicted molar refractivity (Wildman–Crippen MR) is 206 cm³/mol. The van der Waals surface area contributed by atoms with E-state index < -0.39 is 32.5 Å². The number of phosphoric ester groups is 1. The Labute approximate surface area is 305 Å². The van der Waals surface area contributed by atoms with Gasteiger partial charge in [0, 0.05) is 12.8 Å². The molecule has 0 rings (SSSR count). The van der Waals surface area contributed by atoms with Crippen LogP contribution in [0.1, 0.15) is 142 Å². The second-order valence-corrected chi connectivity index (χ2v) is 15.5. The van der Waals surface area contributed by atoms with Crippen molar-refractivity contribution in [2.75, 3.05) is 47.5 Å². The molecule has 0 aliphatic rings. The van der Waals surface area contributed by atoms with Crippen LogP contribution in [0.2, 0.25) is 0 Å². The molecule has 0 radical (unpaired) electrons. The summed E-state index contributed by atoms with van der Waals surface area (Å²) >= 11 is 0. The molecule has 50 heavy (non-hydrogen) atoms. The number of hydrogen-bond donors (Lipinski definition) is 1. The smallest absolute Gasteiger partial charge is 0.462 e. The first kappa shape index (κ1) is 48.0. The van der Waals surface area contributed by atoms with E-state index in [0.29, 0.717) is 23.9 Å². The minimum Gasteiger partial charge on any atom is -0.462 e. The molecule has 0 spiro atoms. The highest BCUT2D eigenvalue weighted by Crippen LogP contribution is 2.43. The Balaban J connectivity index is 4.47. The molecule has 1 N–H and O–H groups in total. The Bertz CT molecular complexity index is 1000. The molecular formula is C40H73NO8P+. The first-order valence-corrected chi connectivity index (χ1v) is 20.9. The number of ether oxygens (including phenoxy) is 2. The molecule has 0 heterocycles. The third kappa shape index (κ3) is 35.8. The second kappa shape index (κ2) is 32.8. The van der Waals surface area contributed by atoms with Gasteiger partial charge in [0.05, 0.1) is 27.7 Å². The molecule has 0 saturated carbocycles. The molecule has 0 bridgehead atoms. The molecule has 1 unspecified atom stereocenters. The van der Waals surface area contributed by atoms with E-state index in [1.807, 2.05) is 51.5 Å². The average molecular weight is 727 g/mol. The number of esters is 2. The van der Waals surface area contributed by atoms with Crippen LogP contribution in [0, 0.1) is 0 Å². The zero-order chi connectivity index (χ0) is 37.2. The van der Waals surface area contributed by atoms with E-state index in [1.165, 1.54) is 51.4 Å². The van der Waals surface area contributed by atoms with Crippen molar-refractivity contribution in [2.24, 2.45) is 0 Å². The summed E-state index contributed by atoms with van der Waals surface area (Å²) in [6.45, 7) is 4.22. The highest BCUT2D eigenvalue weighted by molar-refractivity contribution is 7.47. The molecule has 2 atom stereocenters. The lowest BCUT2D eigenvalue weighted by Gasteiger charge is -2.24. The summed E-state index contributed by atoms with van der Waals surface area (Å²) in [6.07, 6.45) is 35.8. The average Bonchev–Trinajstić information content (AvgIpc) is 3.06. The molecule has 290 valence electrons. The van der Waals surface area contributed by atoms with Gasteiger partial charge in [-0.15, -0.1) is 0 Å². The van der Waals surface area contributed by atoms with Gasteiger partial charge in [0.25, 0.3) is 0 Å². The molecule has 0 saturated heterocycles. The van der Waals surface area contributed by atoms with Crippen LogP contribution in [0.5, 0.6) is 0 Å². The van der Waals surface area contributed by atoms with Crippen LogP contribution in [-0.2, 0) is 32.7 Å². The lowest BCUT2D eigenvalue weighted by Crippen LogP contribution is -2.37. The van der Waals surface area contributed by atoms with E-state index in [1.54, 1.807) is 0 Å². The maximum atomic E-state index is 12.6. The van der Waals surface area contributed by atoms with Gasteiger partial charge in [0.1, 0.15) is 19.8 Å². The van der Waals surface area contributed by atoms with Gasteiger partial charge in [-0.05, 0) is 32.1 Å². The number of carbonyl (C=O) groups excluding carboxylic acids is 2. The SMILES string of the molecule is CC/C=C/C=C/C=C/C=C/CCCCCCCC(=O)OC[C@H](COP(=O)(O)OCC[N+](C)(C)C)OC(=O)CCCCCCCCCCCCC. The largest absolute Gasteiger partial charge is 0.472 e. The minimum atomic E-state index is -4.37. The Kier molecular flexibility index (Phi) is 31.5. The quantitative estimate of drug-likeness (QED) is 0.0230. The van der Waals surface area contributed by atoms with Gasteiger partial charge in [0.2, 0.25) is 0 Å². The second-order valence-electron chi connectivity index (χ2n) is 14.0. The summed E-state index contributed by atoms with van der Waals surface area (Å²) in [5, 5.41) is 0. The van der Waals surface area contributed by atoms with Crippen molar-refractivity contribution in [2.45, 2.75) is 148 Å².